The number of carbonyl (C=O) groups excluding carboxylic acids is 2. The number of nitrogens with zero attached hydrogens (tertiary/aromatic N) is 2. The highest BCUT2D eigenvalue weighted by Gasteiger charge is 2.20. The summed E-state index contributed by atoms with van der Waals surface area (Å²) in [6.45, 7) is 1.47. The number of methoxy groups -OCH3 is 1. The maximum absolute atomic E-state index is 12.7. The first-order chi connectivity index (χ1) is 13.5. The van der Waals surface area contributed by atoms with Gasteiger partial charge in [-0.3, -0.25) is 0 Å². The van der Waals surface area contributed by atoms with Crippen LogP contribution in [-0.4, -0.2) is 68.8 Å². The van der Waals surface area contributed by atoms with Crippen LogP contribution in [0.5, 0.6) is 0 Å². The van der Waals surface area contributed by atoms with Gasteiger partial charge in [-0.1, -0.05) is 18.2 Å². The number of hydrogen-bond donors (Lipinski definition) is 0. The average molecular weight is 384 g/mol. The molecule has 28 heavy (non-hydrogen) atoms. The molecule has 0 fully saturated rings. The van der Waals surface area contributed by atoms with Crippen molar-refractivity contribution in [2.24, 2.45) is 0 Å². The zero-order chi connectivity index (χ0) is 20.1. The minimum absolute atomic E-state index is 0.184. The molecule has 0 bridgehead atoms. The number of rotatable bonds is 8. The van der Waals surface area contributed by atoms with E-state index >= 15 is 0 Å². The highest BCUT2D eigenvalue weighted by Crippen LogP contribution is 2.28. The van der Waals surface area contributed by atoms with Crippen molar-refractivity contribution in [1.29, 1.82) is 0 Å². The zero-order valence-corrected chi connectivity index (χ0v) is 16.3. The van der Waals surface area contributed by atoms with Gasteiger partial charge in [0.15, 0.2) is 0 Å². The lowest BCUT2D eigenvalue weighted by Gasteiger charge is -2.10. The lowest BCUT2D eigenvalue weighted by molar-refractivity contribution is 0.0387. The molecular formula is C21H24N2O5. The molecule has 0 amide bonds. The fourth-order valence-electron chi connectivity index (χ4n) is 2.97. The molecule has 1 aromatic carbocycles. The number of aromatic nitrogens is 1. The zero-order valence-electron chi connectivity index (χ0n) is 16.3. The maximum atomic E-state index is 12.7. The van der Waals surface area contributed by atoms with Crippen LogP contribution in [-0.2, 0) is 14.2 Å². The van der Waals surface area contributed by atoms with Gasteiger partial charge in [0.05, 0.1) is 28.8 Å². The number of ether oxygens (including phenoxy) is 3. The second kappa shape index (κ2) is 8.86. The number of carbonyl (C=O) groups is 2. The van der Waals surface area contributed by atoms with Crippen LogP contribution in [0.3, 0.4) is 0 Å². The van der Waals surface area contributed by atoms with Crippen molar-refractivity contribution >= 4 is 28.4 Å². The van der Waals surface area contributed by atoms with Crippen LogP contribution >= 0.6 is 0 Å². The summed E-state index contributed by atoms with van der Waals surface area (Å²) in [6.07, 6.45) is 1.68. The Hall–Kier alpha value is -2.90. The van der Waals surface area contributed by atoms with E-state index in [1.807, 2.05) is 47.7 Å². The molecule has 2 heterocycles. The number of para-hydroxylation sites is 1. The summed E-state index contributed by atoms with van der Waals surface area (Å²) in [6, 6.07) is 10.9. The van der Waals surface area contributed by atoms with Crippen molar-refractivity contribution in [2.75, 3.05) is 47.6 Å². The molecule has 0 saturated heterocycles. The fraction of sp³-hybridized carbons (Fsp3) is 0.333. The van der Waals surface area contributed by atoms with Crippen molar-refractivity contribution < 1.29 is 23.8 Å². The van der Waals surface area contributed by atoms with Crippen molar-refractivity contribution in [3.8, 4) is 0 Å². The first kappa shape index (κ1) is 19.9. The summed E-state index contributed by atoms with van der Waals surface area (Å²) in [4.78, 5) is 27.0. The van der Waals surface area contributed by atoms with Crippen LogP contribution < -0.4 is 0 Å². The van der Waals surface area contributed by atoms with Crippen molar-refractivity contribution in [1.82, 2.24) is 9.30 Å². The third kappa shape index (κ3) is 4.16. The van der Waals surface area contributed by atoms with Gasteiger partial charge < -0.3 is 23.5 Å². The van der Waals surface area contributed by atoms with E-state index in [2.05, 4.69) is 0 Å². The van der Waals surface area contributed by atoms with Crippen LogP contribution in [0.25, 0.3) is 16.4 Å². The first-order valence-corrected chi connectivity index (χ1v) is 9.03. The molecule has 0 atom stereocenters. The second-order valence-corrected chi connectivity index (χ2v) is 6.63. The summed E-state index contributed by atoms with van der Waals surface area (Å²) in [5.74, 6) is -0.817. The van der Waals surface area contributed by atoms with Gasteiger partial charge in [0, 0.05) is 25.2 Å². The molecule has 7 nitrogen and oxygen atoms in total. The Balaban J connectivity index is 1.97. The molecular weight excluding hydrogens is 360 g/mol. The maximum Gasteiger partial charge on any atom is 0.341 e. The molecule has 0 aliphatic carbocycles. The molecule has 0 spiro atoms. The third-order valence-electron chi connectivity index (χ3n) is 4.37. The summed E-state index contributed by atoms with van der Waals surface area (Å²) in [5, 5.41) is 0.780. The second-order valence-electron chi connectivity index (χ2n) is 6.63. The van der Waals surface area contributed by atoms with Crippen molar-refractivity contribution in [3.63, 3.8) is 0 Å². The molecule has 148 valence electrons. The minimum atomic E-state index is -0.438. The van der Waals surface area contributed by atoms with E-state index < -0.39 is 5.97 Å². The van der Waals surface area contributed by atoms with Gasteiger partial charge in [-0.2, -0.15) is 0 Å². The number of pyridine rings is 1. The Bertz CT molecular complexity index is 993. The van der Waals surface area contributed by atoms with E-state index in [0.29, 0.717) is 36.4 Å². The quantitative estimate of drug-likeness (QED) is 0.439. The van der Waals surface area contributed by atoms with Crippen LogP contribution in [0, 0.1) is 0 Å². The Kier molecular flexibility index (Phi) is 6.28. The lowest BCUT2D eigenvalue weighted by atomic mass is 10.1. The predicted octanol–water partition coefficient (Wildman–Crippen LogP) is 2.61. The molecule has 0 aliphatic heterocycles. The van der Waals surface area contributed by atoms with E-state index in [1.54, 1.807) is 25.4 Å². The molecule has 0 unspecified atom stereocenters. The Labute approximate surface area is 163 Å². The number of esters is 2. The van der Waals surface area contributed by atoms with Gasteiger partial charge in [0.2, 0.25) is 0 Å². The molecule has 0 N–H and O–H groups in total. The smallest absolute Gasteiger partial charge is 0.341 e. The Morgan fingerprint density at radius 3 is 2.43 bits per heavy atom. The van der Waals surface area contributed by atoms with Crippen LogP contribution in [0.1, 0.15) is 20.7 Å². The number of likely N-dealkylation sites (N-methyl/N-ethyl adjacent to an activating group) is 1. The monoisotopic (exact) mass is 384 g/mol. The van der Waals surface area contributed by atoms with E-state index in [9.17, 15) is 9.59 Å². The number of fused-ring (bicyclic) bond motifs is 3. The highest BCUT2D eigenvalue weighted by atomic mass is 16.6. The minimum Gasteiger partial charge on any atom is -0.461 e. The summed E-state index contributed by atoms with van der Waals surface area (Å²) in [5.41, 5.74) is 2.40. The van der Waals surface area contributed by atoms with Gasteiger partial charge in [0.1, 0.15) is 13.2 Å². The van der Waals surface area contributed by atoms with E-state index in [1.165, 1.54) is 0 Å². The number of benzene rings is 1. The SMILES string of the molecule is COCCOC(=O)c1ccc2c(C(=O)OCCN(C)C)c3ccccc3n2c1. The summed E-state index contributed by atoms with van der Waals surface area (Å²) in [7, 11) is 5.39. The summed E-state index contributed by atoms with van der Waals surface area (Å²) >= 11 is 0. The average Bonchev–Trinajstić information content (AvgIpc) is 3.01. The van der Waals surface area contributed by atoms with E-state index in [4.69, 9.17) is 14.2 Å². The van der Waals surface area contributed by atoms with Crippen molar-refractivity contribution in [3.05, 3.63) is 53.7 Å². The van der Waals surface area contributed by atoms with Crippen LogP contribution in [0.2, 0.25) is 0 Å². The molecule has 2 aromatic heterocycles. The Morgan fingerprint density at radius 1 is 0.929 bits per heavy atom. The van der Waals surface area contributed by atoms with E-state index in [0.717, 1.165) is 10.9 Å². The van der Waals surface area contributed by atoms with Gasteiger partial charge in [-0.15, -0.1) is 0 Å². The van der Waals surface area contributed by atoms with Crippen LogP contribution in [0.4, 0.5) is 0 Å². The predicted molar refractivity (Wildman–Crippen MR) is 106 cm³/mol. The Morgan fingerprint density at radius 2 is 1.68 bits per heavy atom. The molecule has 0 radical (unpaired) electrons. The number of hydrogen-bond acceptors (Lipinski definition) is 6. The van der Waals surface area contributed by atoms with E-state index in [-0.39, 0.29) is 12.6 Å². The van der Waals surface area contributed by atoms with Gasteiger partial charge in [0.25, 0.3) is 0 Å². The topological polar surface area (TPSA) is 69.5 Å². The third-order valence-corrected chi connectivity index (χ3v) is 4.37. The fourth-order valence-corrected chi connectivity index (χ4v) is 2.97. The highest BCUT2D eigenvalue weighted by molar-refractivity contribution is 6.12. The van der Waals surface area contributed by atoms with Gasteiger partial charge in [-0.25, -0.2) is 9.59 Å². The molecule has 7 heteroatoms. The molecule has 0 aliphatic rings. The molecule has 3 aromatic rings. The lowest BCUT2D eigenvalue weighted by Crippen LogP contribution is -2.20. The summed E-state index contributed by atoms with van der Waals surface area (Å²) < 4.78 is 17.4. The standard InChI is InChI=1S/C21H24N2O5/c1-22(2)10-11-27-21(25)19-16-6-4-5-7-17(16)23-14-15(8-9-18(19)23)20(24)28-13-12-26-3/h4-9,14H,10-13H2,1-3H3. The molecule has 0 saturated carbocycles. The first-order valence-electron chi connectivity index (χ1n) is 9.03. The van der Waals surface area contributed by atoms with Gasteiger partial charge >= 0.3 is 11.9 Å². The molecule has 3 rings (SSSR count). The van der Waals surface area contributed by atoms with Crippen molar-refractivity contribution in [2.45, 2.75) is 0 Å². The van der Waals surface area contributed by atoms with Gasteiger partial charge in [-0.05, 0) is 32.3 Å². The largest absolute Gasteiger partial charge is 0.461 e. The van der Waals surface area contributed by atoms with Crippen LogP contribution in [0.15, 0.2) is 42.6 Å². The normalized spacial score (nSPS) is 11.3.